The Labute approximate surface area is 144 Å². The highest BCUT2D eigenvalue weighted by molar-refractivity contribution is 6.31. The third-order valence-corrected chi connectivity index (χ3v) is 3.49. The van der Waals surface area contributed by atoms with E-state index in [1.54, 1.807) is 18.2 Å². The molecular weight excluding hydrogens is 328 g/mol. The van der Waals surface area contributed by atoms with Crippen LogP contribution >= 0.6 is 11.6 Å². The summed E-state index contributed by atoms with van der Waals surface area (Å²) >= 11 is 6.06. The predicted octanol–water partition coefficient (Wildman–Crippen LogP) is 3.06. The maximum absolute atomic E-state index is 12.1. The van der Waals surface area contributed by atoms with Gasteiger partial charge < -0.3 is 15.5 Å². The molecule has 3 N–H and O–H groups in total. The standard InChI is InChI=1S/C17H15ClN4O2/c1-9(2)8-24-14-4-3-10(18)5-11(14)15-12(6-19)16(21)22-17(23)13(15)7-20/h3-5,9H,8H2,1-2H3,(H3,21,22,23). The summed E-state index contributed by atoms with van der Waals surface area (Å²) in [6.45, 7) is 4.40. The summed E-state index contributed by atoms with van der Waals surface area (Å²) in [5.74, 6) is 0.584. The van der Waals surface area contributed by atoms with Crippen molar-refractivity contribution in [3.63, 3.8) is 0 Å². The molecule has 0 spiro atoms. The number of hydrogen-bond acceptors (Lipinski definition) is 5. The third kappa shape index (κ3) is 3.34. The number of halogens is 1. The Morgan fingerprint density at radius 3 is 2.54 bits per heavy atom. The van der Waals surface area contributed by atoms with Gasteiger partial charge in [0, 0.05) is 16.1 Å². The van der Waals surface area contributed by atoms with E-state index >= 15 is 0 Å². The van der Waals surface area contributed by atoms with Gasteiger partial charge in [-0.3, -0.25) is 4.79 Å². The lowest BCUT2D eigenvalue weighted by Crippen LogP contribution is -2.16. The van der Waals surface area contributed by atoms with Crippen molar-refractivity contribution in [3.8, 4) is 29.0 Å². The van der Waals surface area contributed by atoms with E-state index in [1.165, 1.54) is 0 Å². The van der Waals surface area contributed by atoms with Crippen LogP contribution in [0.2, 0.25) is 5.02 Å². The van der Waals surface area contributed by atoms with Crippen LogP contribution in [0.4, 0.5) is 5.82 Å². The molecule has 2 rings (SSSR count). The number of H-pyrrole nitrogens is 1. The van der Waals surface area contributed by atoms with Crippen LogP contribution in [0, 0.1) is 28.6 Å². The van der Waals surface area contributed by atoms with Crippen LogP contribution in [0.15, 0.2) is 23.0 Å². The van der Waals surface area contributed by atoms with E-state index in [2.05, 4.69) is 4.98 Å². The molecular formula is C17H15ClN4O2. The molecule has 6 nitrogen and oxygen atoms in total. The van der Waals surface area contributed by atoms with Crippen molar-refractivity contribution in [2.75, 3.05) is 12.3 Å². The Hall–Kier alpha value is -2.96. The molecule has 24 heavy (non-hydrogen) atoms. The molecule has 1 aromatic heterocycles. The van der Waals surface area contributed by atoms with Crippen molar-refractivity contribution >= 4 is 17.4 Å². The van der Waals surface area contributed by atoms with E-state index in [1.807, 2.05) is 26.0 Å². The molecule has 0 aliphatic rings. The van der Waals surface area contributed by atoms with Gasteiger partial charge in [0.15, 0.2) is 0 Å². The molecule has 0 bridgehead atoms. The van der Waals surface area contributed by atoms with E-state index in [-0.39, 0.29) is 28.4 Å². The van der Waals surface area contributed by atoms with Gasteiger partial charge in [-0.05, 0) is 24.1 Å². The minimum Gasteiger partial charge on any atom is -0.493 e. The molecule has 1 heterocycles. The van der Waals surface area contributed by atoms with E-state index in [0.717, 1.165) is 0 Å². The molecule has 0 saturated heterocycles. The first kappa shape index (κ1) is 17.4. The Balaban J connectivity index is 2.81. The lowest BCUT2D eigenvalue weighted by atomic mass is 9.96. The summed E-state index contributed by atoms with van der Waals surface area (Å²) < 4.78 is 5.76. The van der Waals surface area contributed by atoms with E-state index in [9.17, 15) is 15.3 Å². The molecule has 0 radical (unpaired) electrons. The highest BCUT2D eigenvalue weighted by Gasteiger charge is 2.21. The van der Waals surface area contributed by atoms with Crippen molar-refractivity contribution in [1.29, 1.82) is 10.5 Å². The molecule has 122 valence electrons. The summed E-state index contributed by atoms with van der Waals surface area (Å²) in [6.07, 6.45) is 0. The van der Waals surface area contributed by atoms with Crippen molar-refractivity contribution in [3.05, 3.63) is 44.7 Å². The number of ether oxygens (including phenoxy) is 1. The molecule has 0 amide bonds. The quantitative estimate of drug-likeness (QED) is 0.885. The van der Waals surface area contributed by atoms with Crippen LogP contribution in [-0.2, 0) is 0 Å². The fourth-order valence-electron chi connectivity index (χ4n) is 2.19. The number of nitriles is 2. The largest absolute Gasteiger partial charge is 0.493 e. The van der Waals surface area contributed by atoms with Crippen molar-refractivity contribution in [2.24, 2.45) is 5.92 Å². The summed E-state index contributed by atoms with van der Waals surface area (Å²) in [6, 6.07) is 8.58. The number of nitrogens with zero attached hydrogens (tertiary/aromatic N) is 2. The smallest absolute Gasteiger partial charge is 0.268 e. The number of nitrogens with two attached hydrogens (primary N) is 1. The molecule has 0 aliphatic heterocycles. The normalized spacial score (nSPS) is 10.2. The lowest BCUT2D eigenvalue weighted by Gasteiger charge is -2.16. The summed E-state index contributed by atoms with van der Waals surface area (Å²) in [5, 5.41) is 19.2. The monoisotopic (exact) mass is 342 g/mol. The van der Waals surface area contributed by atoms with Gasteiger partial charge in [0.05, 0.1) is 6.61 Å². The molecule has 0 atom stereocenters. The average Bonchev–Trinajstić information content (AvgIpc) is 2.52. The number of benzene rings is 1. The van der Waals surface area contributed by atoms with Crippen LogP contribution in [-0.4, -0.2) is 11.6 Å². The molecule has 0 fully saturated rings. The zero-order valence-corrected chi connectivity index (χ0v) is 13.9. The van der Waals surface area contributed by atoms with Gasteiger partial charge in [-0.2, -0.15) is 10.5 Å². The van der Waals surface area contributed by atoms with Crippen LogP contribution in [0.5, 0.6) is 5.75 Å². The van der Waals surface area contributed by atoms with E-state index < -0.39 is 5.56 Å². The fraction of sp³-hybridized carbons (Fsp3) is 0.235. The summed E-state index contributed by atoms with van der Waals surface area (Å²) in [4.78, 5) is 14.4. The number of aromatic nitrogens is 1. The second-order valence-electron chi connectivity index (χ2n) is 5.56. The van der Waals surface area contributed by atoms with Crippen molar-refractivity contribution in [2.45, 2.75) is 13.8 Å². The summed E-state index contributed by atoms with van der Waals surface area (Å²) in [5.41, 5.74) is 5.38. The minimum atomic E-state index is -0.668. The van der Waals surface area contributed by atoms with Gasteiger partial charge >= 0.3 is 0 Å². The van der Waals surface area contributed by atoms with Gasteiger partial charge in [0.1, 0.15) is 34.8 Å². The topological polar surface area (TPSA) is 116 Å². The maximum atomic E-state index is 12.1. The second kappa shape index (κ2) is 7.08. The van der Waals surface area contributed by atoms with Gasteiger partial charge in [0.2, 0.25) is 0 Å². The van der Waals surface area contributed by atoms with Gasteiger partial charge in [-0.15, -0.1) is 0 Å². The van der Waals surface area contributed by atoms with Crippen molar-refractivity contribution < 1.29 is 4.74 Å². The number of nitrogens with one attached hydrogen (secondary N) is 1. The van der Waals surface area contributed by atoms with Gasteiger partial charge in [0.25, 0.3) is 5.56 Å². The number of anilines is 1. The van der Waals surface area contributed by atoms with Crippen LogP contribution < -0.4 is 16.0 Å². The Kier molecular flexibility index (Phi) is 5.13. The number of nitrogen functional groups attached to an aromatic ring is 1. The highest BCUT2D eigenvalue weighted by Crippen LogP contribution is 2.37. The fourth-order valence-corrected chi connectivity index (χ4v) is 2.36. The first-order chi connectivity index (χ1) is 11.4. The van der Waals surface area contributed by atoms with Crippen LogP contribution in [0.25, 0.3) is 11.1 Å². The Morgan fingerprint density at radius 1 is 1.29 bits per heavy atom. The maximum Gasteiger partial charge on any atom is 0.268 e. The zero-order valence-electron chi connectivity index (χ0n) is 13.2. The third-order valence-electron chi connectivity index (χ3n) is 3.25. The molecule has 7 heteroatoms. The minimum absolute atomic E-state index is 0.00261. The lowest BCUT2D eigenvalue weighted by molar-refractivity contribution is 0.272. The van der Waals surface area contributed by atoms with E-state index in [4.69, 9.17) is 22.1 Å². The van der Waals surface area contributed by atoms with Crippen LogP contribution in [0.3, 0.4) is 0 Å². The number of hydrogen-bond donors (Lipinski definition) is 2. The van der Waals surface area contributed by atoms with Crippen molar-refractivity contribution in [1.82, 2.24) is 4.98 Å². The zero-order chi connectivity index (χ0) is 17.9. The summed E-state index contributed by atoms with van der Waals surface area (Å²) in [7, 11) is 0. The van der Waals surface area contributed by atoms with Gasteiger partial charge in [-0.1, -0.05) is 25.4 Å². The number of pyridine rings is 1. The molecule has 1 aromatic carbocycles. The second-order valence-corrected chi connectivity index (χ2v) is 6.00. The van der Waals surface area contributed by atoms with Crippen LogP contribution in [0.1, 0.15) is 25.0 Å². The SMILES string of the molecule is CC(C)COc1ccc(Cl)cc1-c1c(C#N)c(N)[nH]c(=O)c1C#N. The number of rotatable bonds is 4. The number of aromatic amines is 1. The predicted molar refractivity (Wildman–Crippen MR) is 91.7 cm³/mol. The molecule has 0 unspecified atom stereocenters. The molecule has 2 aromatic rings. The average molecular weight is 343 g/mol. The first-order valence-electron chi connectivity index (χ1n) is 7.17. The first-order valence-corrected chi connectivity index (χ1v) is 7.55. The Morgan fingerprint density at radius 2 is 1.96 bits per heavy atom. The van der Waals surface area contributed by atoms with E-state index in [0.29, 0.717) is 22.9 Å². The molecule has 0 saturated carbocycles. The highest BCUT2D eigenvalue weighted by atomic mass is 35.5. The Bertz CT molecular complexity index is 920. The molecule has 0 aliphatic carbocycles. The van der Waals surface area contributed by atoms with Gasteiger partial charge in [-0.25, -0.2) is 0 Å².